The minimum atomic E-state index is -0.284. The van der Waals surface area contributed by atoms with Crippen LogP contribution in [0.4, 0.5) is 5.69 Å². The summed E-state index contributed by atoms with van der Waals surface area (Å²) in [6.07, 6.45) is 4.13. The van der Waals surface area contributed by atoms with E-state index >= 15 is 0 Å². The van der Waals surface area contributed by atoms with Gasteiger partial charge in [-0.05, 0) is 36.8 Å². The summed E-state index contributed by atoms with van der Waals surface area (Å²) >= 11 is 0. The van der Waals surface area contributed by atoms with Gasteiger partial charge in [-0.3, -0.25) is 0 Å². The van der Waals surface area contributed by atoms with Crippen LogP contribution in [0.5, 0.6) is 0 Å². The van der Waals surface area contributed by atoms with E-state index in [4.69, 9.17) is 4.74 Å². The lowest BCUT2D eigenvalue weighted by Crippen LogP contribution is -2.05. The van der Waals surface area contributed by atoms with Crippen molar-refractivity contribution in [3.63, 3.8) is 0 Å². The first kappa shape index (κ1) is 14.9. The van der Waals surface area contributed by atoms with Crippen molar-refractivity contribution in [1.29, 1.82) is 0 Å². The number of benzene rings is 2. The van der Waals surface area contributed by atoms with E-state index in [0.29, 0.717) is 12.2 Å². The Morgan fingerprint density at radius 3 is 2.48 bits per heavy atom. The van der Waals surface area contributed by atoms with Crippen LogP contribution >= 0.6 is 0 Å². The molecule has 21 heavy (non-hydrogen) atoms. The van der Waals surface area contributed by atoms with Gasteiger partial charge in [-0.25, -0.2) is 4.79 Å². The molecule has 3 nitrogen and oxygen atoms in total. The maximum absolute atomic E-state index is 11.5. The van der Waals surface area contributed by atoms with E-state index in [1.165, 1.54) is 5.56 Å². The van der Waals surface area contributed by atoms with Gasteiger partial charge in [0.25, 0.3) is 0 Å². The molecule has 0 heterocycles. The monoisotopic (exact) mass is 281 g/mol. The van der Waals surface area contributed by atoms with Crippen LogP contribution in [0, 0.1) is 0 Å². The number of hydrogen-bond acceptors (Lipinski definition) is 3. The Morgan fingerprint density at radius 1 is 1.10 bits per heavy atom. The van der Waals surface area contributed by atoms with Crippen LogP contribution in [0.25, 0.3) is 6.08 Å². The first-order valence-corrected chi connectivity index (χ1v) is 7.02. The van der Waals surface area contributed by atoms with E-state index in [9.17, 15) is 4.79 Å². The molecule has 0 radical (unpaired) electrons. The number of hydrogen-bond donors (Lipinski definition) is 1. The zero-order valence-corrected chi connectivity index (χ0v) is 12.1. The van der Waals surface area contributed by atoms with Crippen LogP contribution < -0.4 is 5.32 Å². The maximum Gasteiger partial charge on any atom is 0.338 e. The minimum Gasteiger partial charge on any atom is -0.462 e. The van der Waals surface area contributed by atoms with Gasteiger partial charge in [0, 0.05) is 12.2 Å². The van der Waals surface area contributed by atoms with Gasteiger partial charge in [-0.1, -0.05) is 42.5 Å². The number of anilines is 1. The molecule has 2 rings (SSSR count). The molecule has 2 aromatic carbocycles. The Morgan fingerprint density at radius 2 is 1.81 bits per heavy atom. The molecule has 0 unspecified atom stereocenters. The highest BCUT2D eigenvalue weighted by Crippen LogP contribution is 2.10. The van der Waals surface area contributed by atoms with Crippen molar-refractivity contribution in [2.45, 2.75) is 6.92 Å². The number of rotatable bonds is 6. The van der Waals surface area contributed by atoms with Gasteiger partial charge in [0.1, 0.15) is 0 Å². The number of nitrogens with one attached hydrogen (secondary N) is 1. The number of carbonyl (C=O) groups excluding carboxylic acids is 1. The zero-order chi connectivity index (χ0) is 14.9. The minimum absolute atomic E-state index is 0.284. The van der Waals surface area contributed by atoms with E-state index in [1.807, 2.05) is 30.3 Å². The van der Waals surface area contributed by atoms with Crippen molar-refractivity contribution >= 4 is 17.7 Å². The zero-order valence-electron chi connectivity index (χ0n) is 12.1. The molecular weight excluding hydrogens is 262 g/mol. The summed E-state index contributed by atoms with van der Waals surface area (Å²) < 4.78 is 4.94. The largest absolute Gasteiger partial charge is 0.462 e. The predicted molar refractivity (Wildman–Crippen MR) is 86.4 cm³/mol. The number of esters is 1. The third-order valence-corrected chi connectivity index (χ3v) is 2.93. The maximum atomic E-state index is 11.5. The molecule has 1 N–H and O–H groups in total. The summed E-state index contributed by atoms with van der Waals surface area (Å²) in [5, 5.41) is 3.27. The smallest absolute Gasteiger partial charge is 0.338 e. The highest BCUT2D eigenvalue weighted by molar-refractivity contribution is 5.89. The van der Waals surface area contributed by atoms with E-state index in [2.05, 4.69) is 29.6 Å². The lowest BCUT2D eigenvalue weighted by atomic mass is 10.2. The molecule has 2 aromatic rings. The van der Waals surface area contributed by atoms with Crippen LogP contribution in [-0.2, 0) is 4.74 Å². The van der Waals surface area contributed by atoms with E-state index in [1.54, 1.807) is 19.1 Å². The van der Waals surface area contributed by atoms with Crippen molar-refractivity contribution in [2.75, 3.05) is 18.5 Å². The van der Waals surface area contributed by atoms with Gasteiger partial charge in [-0.2, -0.15) is 0 Å². The van der Waals surface area contributed by atoms with Crippen LogP contribution in [0.15, 0.2) is 60.7 Å². The Hall–Kier alpha value is -2.55. The van der Waals surface area contributed by atoms with Gasteiger partial charge >= 0.3 is 5.97 Å². The standard InChI is InChI=1S/C18H19NO2/c1-2-21-18(20)16-10-12-17(13-11-16)19-14-6-9-15-7-4-3-5-8-15/h3-13,19H,2,14H2,1H3. The second kappa shape index (κ2) is 7.90. The van der Waals surface area contributed by atoms with Crippen LogP contribution in [0.1, 0.15) is 22.8 Å². The molecule has 0 saturated carbocycles. The SMILES string of the molecule is CCOC(=O)c1ccc(NCC=Cc2ccccc2)cc1. The number of ether oxygens (including phenoxy) is 1. The van der Waals surface area contributed by atoms with Crippen molar-refractivity contribution in [3.05, 3.63) is 71.8 Å². The van der Waals surface area contributed by atoms with Gasteiger partial charge in [0.2, 0.25) is 0 Å². The van der Waals surface area contributed by atoms with E-state index < -0.39 is 0 Å². The molecule has 108 valence electrons. The normalized spacial score (nSPS) is 10.5. The summed E-state index contributed by atoms with van der Waals surface area (Å²) in [6.45, 7) is 2.92. The molecule has 0 aliphatic heterocycles. The van der Waals surface area contributed by atoms with E-state index in [0.717, 1.165) is 12.2 Å². The third-order valence-electron chi connectivity index (χ3n) is 2.93. The van der Waals surface area contributed by atoms with E-state index in [-0.39, 0.29) is 5.97 Å². The lowest BCUT2D eigenvalue weighted by Gasteiger charge is -2.05. The Balaban J connectivity index is 1.84. The fraction of sp³-hybridized carbons (Fsp3) is 0.167. The molecule has 0 fully saturated rings. The van der Waals surface area contributed by atoms with Crippen molar-refractivity contribution in [1.82, 2.24) is 0 Å². The average Bonchev–Trinajstić information content (AvgIpc) is 2.53. The highest BCUT2D eigenvalue weighted by atomic mass is 16.5. The molecule has 0 saturated heterocycles. The van der Waals surface area contributed by atoms with Gasteiger partial charge < -0.3 is 10.1 Å². The molecule has 0 atom stereocenters. The second-order valence-corrected chi connectivity index (χ2v) is 4.49. The van der Waals surface area contributed by atoms with Crippen molar-refractivity contribution < 1.29 is 9.53 Å². The first-order chi connectivity index (χ1) is 10.3. The quantitative estimate of drug-likeness (QED) is 0.814. The molecule has 0 aromatic heterocycles. The summed E-state index contributed by atoms with van der Waals surface area (Å²) in [5.74, 6) is -0.284. The van der Waals surface area contributed by atoms with Crippen LogP contribution in [0.2, 0.25) is 0 Å². The Bertz CT molecular complexity index is 588. The summed E-state index contributed by atoms with van der Waals surface area (Å²) in [6, 6.07) is 17.4. The lowest BCUT2D eigenvalue weighted by molar-refractivity contribution is 0.0526. The summed E-state index contributed by atoms with van der Waals surface area (Å²) in [7, 11) is 0. The highest BCUT2D eigenvalue weighted by Gasteiger charge is 2.04. The van der Waals surface area contributed by atoms with Gasteiger partial charge in [0.15, 0.2) is 0 Å². The molecule has 0 aliphatic carbocycles. The summed E-state index contributed by atoms with van der Waals surface area (Å²) in [5.41, 5.74) is 2.72. The Labute approximate surface area is 125 Å². The van der Waals surface area contributed by atoms with Crippen molar-refractivity contribution in [3.8, 4) is 0 Å². The second-order valence-electron chi connectivity index (χ2n) is 4.49. The van der Waals surface area contributed by atoms with Crippen LogP contribution in [-0.4, -0.2) is 19.1 Å². The summed E-state index contributed by atoms with van der Waals surface area (Å²) in [4.78, 5) is 11.5. The van der Waals surface area contributed by atoms with Gasteiger partial charge in [-0.15, -0.1) is 0 Å². The molecule has 0 aliphatic rings. The fourth-order valence-electron chi connectivity index (χ4n) is 1.87. The first-order valence-electron chi connectivity index (χ1n) is 7.02. The van der Waals surface area contributed by atoms with Crippen LogP contribution in [0.3, 0.4) is 0 Å². The number of carbonyl (C=O) groups is 1. The Kier molecular flexibility index (Phi) is 5.59. The third kappa shape index (κ3) is 4.80. The molecule has 0 spiro atoms. The van der Waals surface area contributed by atoms with Crippen molar-refractivity contribution in [2.24, 2.45) is 0 Å². The molecule has 0 bridgehead atoms. The molecule has 0 amide bonds. The molecular formula is C18H19NO2. The average molecular weight is 281 g/mol. The predicted octanol–water partition coefficient (Wildman–Crippen LogP) is 3.99. The molecule has 3 heteroatoms. The fourth-order valence-corrected chi connectivity index (χ4v) is 1.87. The van der Waals surface area contributed by atoms with Gasteiger partial charge in [0.05, 0.1) is 12.2 Å². The topological polar surface area (TPSA) is 38.3 Å².